The Hall–Kier alpha value is -8.20. The second-order valence-electron chi connectivity index (χ2n) is 22.2. The first kappa shape index (κ1) is 82.1. The smallest absolute Gasteiger partial charge is 0.0134 e. The van der Waals surface area contributed by atoms with Crippen LogP contribution in [0.3, 0.4) is 0 Å². The summed E-state index contributed by atoms with van der Waals surface area (Å²) < 4.78 is 16.4. The summed E-state index contributed by atoms with van der Waals surface area (Å²) in [7, 11) is 6.42. The van der Waals surface area contributed by atoms with E-state index in [4.69, 9.17) is 51.1 Å². The van der Waals surface area contributed by atoms with Gasteiger partial charge >= 0.3 is 34.7 Å². The van der Waals surface area contributed by atoms with Crippen LogP contribution in [0.1, 0.15) is 23.8 Å². The van der Waals surface area contributed by atoms with Gasteiger partial charge in [-0.05, 0) is 115 Å². The van der Waals surface area contributed by atoms with Gasteiger partial charge in [0.1, 0.15) is 42.2 Å². The molecule has 0 aliphatic carbocycles. The summed E-state index contributed by atoms with van der Waals surface area (Å²) in [5.41, 5.74) is 2.35. The molecular formula is C90H79Cl3O4OsP4S. The second kappa shape index (κ2) is 46.5. The fraction of sp³-hybridized carbons (Fsp3) is 0.0667. The van der Waals surface area contributed by atoms with Crippen molar-refractivity contribution in [3.05, 3.63) is 392 Å². The van der Waals surface area contributed by atoms with Crippen LogP contribution in [0, 0.1) is 36.5 Å². The molecule has 0 fully saturated rings. The summed E-state index contributed by atoms with van der Waals surface area (Å²) in [6.07, 6.45) is 12.8. The van der Waals surface area contributed by atoms with E-state index in [1.165, 1.54) is 74.5 Å². The van der Waals surface area contributed by atoms with Crippen molar-refractivity contribution in [2.45, 2.75) is 26.2 Å². The fourth-order valence-corrected chi connectivity index (χ4v) is 22.5. The van der Waals surface area contributed by atoms with Crippen molar-refractivity contribution >= 4 is 134 Å². The number of hydrogen-bond donors (Lipinski definition) is 1. The third-order valence-electron chi connectivity index (χ3n) is 15.7. The summed E-state index contributed by atoms with van der Waals surface area (Å²) in [4.78, 5) is 0. The van der Waals surface area contributed by atoms with Gasteiger partial charge in [0.15, 0.2) is 6.10 Å². The maximum absolute atomic E-state index is 8.71. The molecule has 13 aromatic rings. The van der Waals surface area contributed by atoms with Crippen molar-refractivity contribution in [1.82, 2.24) is 0 Å². The number of fused-ring (bicyclic) bond motifs is 1. The number of terminal acetylenes is 2. The van der Waals surface area contributed by atoms with Gasteiger partial charge in [-0.2, -0.15) is 13.5 Å². The second-order valence-corrected chi connectivity index (χ2v) is 36.2. The number of aliphatic hydroxyl groups excluding tert-OH is 1. The Kier molecular flexibility index (Phi) is 37.1. The molecule has 518 valence electrons. The third kappa shape index (κ3) is 24.4. The van der Waals surface area contributed by atoms with Crippen LogP contribution in [0.5, 0.6) is 0 Å². The predicted octanol–water partition coefficient (Wildman–Crippen LogP) is 14.1. The van der Waals surface area contributed by atoms with E-state index in [0.29, 0.717) is 13.2 Å². The molecule has 1 N–H and O–H groups in total. The van der Waals surface area contributed by atoms with Gasteiger partial charge in [0, 0.05) is 17.2 Å². The summed E-state index contributed by atoms with van der Waals surface area (Å²) in [6.45, 7) is 3.94. The SMILES string of the molecule is C#CCOCC#CC(O)C#C.C/C(=C\c1occ2c1COC2)[P+](c1ccccc1)(c1ccccc1)c1ccccc1.S.[Cl-].[Cl][Os][Cl].c1ccc(P(c2ccccc2)c2ccccc2)cc1.c1ccc(P(c2ccccc2)c2ccccc2)cc1.c1ccc(P(c2ccccc2)c2ccccc2)cc1. The van der Waals surface area contributed by atoms with E-state index in [0.717, 1.165) is 11.3 Å². The van der Waals surface area contributed by atoms with E-state index in [-0.39, 0.29) is 39.1 Å². The number of furan rings is 1. The minimum atomic E-state index is -2.05. The molecule has 103 heavy (non-hydrogen) atoms. The van der Waals surface area contributed by atoms with Crippen LogP contribution in [-0.2, 0) is 38.1 Å². The average Bonchev–Trinajstić information content (AvgIpc) is 1.37. The van der Waals surface area contributed by atoms with Crippen LogP contribution in [0.25, 0.3) is 6.08 Å². The molecule has 0 saturated heterocycles. The van der Waals surface area contributed by atoms with Gasteiger partial charge in [0.2, 0.25) is 0 Å². The monoisotopic (exact) mass is 1680 g/mol. The van der Waals surface area contributed by atoms with Crippen LogP contribution >= 0.6 is 63.8 Å². The molecule has 1 aliphatic rings. The van der Waals surface area contributed by atoms with Gasteiger partial charge in [0.25, 0.3) is 0 Å². The Labute approximate surface area is 643 Å². The number of benzene rings is 12. The first-order valence-electron chi connectivity index (χ1n) is 32.6. The zero-order valence-electron chi connectivity index (χ0n) is 56.8. The van der Waals surface area contributed by atoms with Gasteiger partial charge in [-0.1, -0.05) is 351 Å². The molecule has 0 radical (unpaired) electrons. The molecule has 1 aliphatic heterocycles. The van der Waals surface area contributed by atoms with Crippen LogP contribution in [0.4, 0.5) is 0 Å². The maximum atomic E-state index is 8.71. The van der Waals surface area contributed by atoms with Crippen LogP contribution in [-0.4, -0.2) is 24.4 Å². The third-order valence-corrected chi connectivity index (χ3v) is 27.4. The largest absolute Gasteiger partial charge is 0.0622 e. The van der Waals surface area contributed by atoms with Crippen molar-refractivity contribution in [3.8, 4) is 36.5 Å². The molecule has 1 aromatic heterocycles. The van der Waals surface area contributed by atoms with E-state index in [9.17, 15) is 0 Å². The number of aliphatic hydroxyl groups is 1. The number of allylic oxidation sites excluding steroid dienone is 1. The average molecular weight is 1680 g/mol. The summed E-state index contributed by atoms with van der Waals surface area (Å²) in [6, 6.07) is 130. The number of rotatable bonds is 16. The minimum Gasteiger partial charge on any atom is -0.0622 e. The van der Waals surface area contributed by atoms with Crippen LogP contribution < -0.4 is 76.1 Å². The van der Waals surface area contributed by atoms with E-state index in [1.54, 1.807) is 0 Å². The Morgan fingerprint density at radius 1 is 0.447 bits per heavy atom. The van der Waals surface area contributed by atoms with Crippen LogP contribution in [0.2, 0.25) is 0 Å². The first-order chi connectivity index (χ1) is 49.9. The fourth-order valence-electron chi connectivity index (χ4n) is 11.3. The molecule has 2 heterocycles. The summed E-state index contributed by atoms with van der Waals surface area (Å²) in [5.74, 6) is 10.1. The molecular weight excluding hydrogens is 1600 g/mol. The van der Waals surface area contributed by atoms with E-state index >= 15 is 0 Å². The zero-order chi connectivity index (χ0) is 70.4. The summed E-state index contributed by atoms with van der Waals surface area (Å²) >= 11 is -0.639. The Balaban J connectivity index is 0.000000183. The standard InChI is InChI=1S/C27H24O2P.3C18H15P.C9H8O2.3ClH.Os.H2S/c1-21(17-27-26-20-28-18-22(26)19-29-27)30(23-11-5-2-6-12-23,24-13-7-3-8-14-24)25-15-9-4-10-16-25;3*1-4-10-16(11-5-1)19(17-12-6-2-7-13-17)18-14-8-3-9-15-18;1-3-7-11-8-5-6-9(10)4-2;;;;;/h2-17,19H,18,20H2,1H3;3*1-15H;1-2,9-10H,7-8H2;3*1H;;1H2/q+1;;;;;;;;+2;/p-3/b21-17+;;;;;;;;;. The van der Waals surface area contributed by atoms with Gasteiger partial charge in [-0.15, -0.1) is 12.8 Å². The number of hydrogen-bond acceptors (Lipinski definition) is 4. The van der Waals surface area contributed by atoms with E-state index < -0.39 is 52.5 Å². The molecule has 14 rings (SSSR count). The number of halogens is 3. The van der Waals surface area contributed by atoms with Gasteiger partial charge < -0.3 is 31.4 Å². The van der Waals surface area contributed by atoms with Gasteiger partial charge in [-0.25, -0.2) is 0 Å². The normalized spacial score (nSPS) is 11.2. The van der Waals surface area contributed by atoms with E-state index in [1.807, 2.05) is 12.2 Å². The summed E-state index contributed by atoms with van der Waals surface area (Å²) in [5, 5.41) is 26.6. The van der Waals surface area contributed by atoms with E-state index in [2.05, 4.69) is 395 Å². The Morgan fingerprint density at radius 3 is 0.942 bits per heavy atom. The van der Waals surface area contributed by atoms with Gasteiger partial charge in [-0.3, -0.25) is 0 Å². The minimum absolute atomic E-state index is 0. The molecule has 1 unspecified atom stereocenters. The van der Waals surface area contributed by atoms with Crippen LogP contribution in [0.15, 0.2) is 380 Å². The molecule has 0 bridgehead atoms. The molecule has 1 atom stereocenters. The topological polar surface area (TPSA) is 51.8 Å². The van der Waals surface area contributed by atoms with Crippen molar-refractivity contribution in [2.24, 2.45) is 0 Å². The zero-order valence-corrected chi connectivity index (χ0v) is 66.2. The quantitative estimate of drug-likeness (QED) is 0.0595. The molecule has 12 aromatic carbocycles. The van der Waals surface area contributed by atoms with Crippen molar-refractivity contribution < 1.29 is 46.8 Å². The Morgan fingerprint density at radius 2 is 0.699 bits per heavy atom. The van der Waals surface area contributed by atoms with Crippen molar-refractivity contribution in [3.63, 3.8) is 0 Å². The maximum Gasteiger partial charge on any atom is -0.0134 e. The predicted molar refractivity (Wildman–Crippen MR) is 446 cm³/mol. The molecule has 0 amide bonds. The Bertz CT molecular complexity index is 3980. The number of ether oxygens (including phenoxy) is 2. The van der Waals surface area contributed by atoms with Crippen molar-refractivity contribution in [2.75, 3.05) is 13.2 Å². The first-order valence-corrected chi connectivity index (χ1v) is 44.7. The van der Waals surface area contributed by atoms with Gasteiger partial charge in [0.05, 0.1) is 24.8 Å². The molecule has 0 spiro atoms. The molecule has 13 heteroatoms. The molecule has 0 saturated carbocycles. The molecule has 4 nitrogen and oxygen atoms in total. The van der Waals surface area contributed by atoms with Crippen molar-refractivity contribution in [1.29, 1.82) is 0 Å².